The van der Waals surface area contributed by atoms with Gasteiger partial charge in [0.25, 0.3) is 0 Å². The second-order valence-corrected chi connectivity index (χ2v) is 3.35. The number of aliphatic hydroxyl groups is 1. The summed E-state index contributed by atoms with van der Waals surface area (Å²) in [6.07, 6.45) is 13.9. The van der Waals surface area contributed by atoms with E-state index in [1.165, 1.54) is 38.5 Å². The van der Waals surface area contributed by atoms with Crippen LogP contribution >= 0.6 is 0 Å². The predicted molar refractivity (Wildman–Crippen MR) is 52.0 cm³/mol. The van der Waals surface area contributed by atoms with E-state index < -0.39 is 0 Å². The van der Waals surface area contributed by atoms with Crippen molar-refractivity contribution in [2.75, 3.05) is 6.61 Å². The third-order valence-corrected chi connectivity index (χ3v) is 2.32. The zero-order valence-corrected chi connectivity index (χ0v) is 7.63. The van der Waals surface area contributed by atoms with Crippen molar-refractivity contribution in [2.24, 2.45) is 0 Å². The predicted octanol–water partition coefficient (Wildman–Crippen LogP) is 2.82. The van der Waals surface area contributed by atoms with Gasteiger partial charge in [-0.05, 0) is 25.7 Å². The molecule has 1 heteroatoms. The lowest BCUT2D eigenvalue weighted by molar-refractivity contribution is 0.343. The highest BCUT2D eigenvalue weighted by molar-refractivity contribution is 5.13. The number of hydrogen-bond donors (Lipinski definition) is 1. The average Bonchev–Trinajstić information content (AvgIpc) is 2.33. The van der Waals surface area contributed by atoms with Crippen molar-refractivity contribution in [1.82, 2.24) is 0 Å². The fourth-order valence-corrected chi connectivity index (χ4v) is 1.61. The van der Waals surface area contributed by atoms with Gasteiger partial charge in [-0.2, -0.15) is 0 Å². The van der Waals surface area contributed by atoms with Gasteiger partial charge in [-0.1, -0.05) is 36.6 Å². The molecule has 0 spiro atoms. The minimum atomic E-state index is 0.157. The first-order valence-electron chi connectivity index (χ1n) is 4.89. The van der Waals surface area contributed by atoms with Gasteiger partial charge in [0.2, 0.25) is 0 Å². The average molecular weight is 166 g/mol. The monoisotopic (exact) mass is 166 g/mol. The van der Waals surface area contributed by atoms with E-state index in [0.29, 0.717) is 0 Å². The van der Waals surface area contributed by atoms with E-state index in [2.05, 4.69) is 6.08 Å². The zero-order chi connectivity index (χ0) is 8.65. The molecule has 0 heterocycles. The van der Waals surface area contributed by atoms with Gasteiger partial charge in [-0.15, -0.1) is 0 Å². The molecular weight excluding hydrogens is 148 g/mol. The Morgan fingerprint density at radius 1 is 1.08 bits per heavy atom. The van der Waals surface area contributed by atoms with Crippen LogP contribution in [-0.4, -0.2) is 11.7 Å². The summed E-state index contributed by atoms with van der Waals surface area (Å²) >= 11 is 0. The molecule has 0 aromatic carbocycles. The Hall–Kier alpha value is -0.560. The molecule has 0 unspecified atom stereocenters. The van der Waals surface area contributed by atoms with Crippen molar-refractivity contribution in [3.8, 4) is 0 Å². The summed E-state index contributed by atoms with van der Waals surface area (Å²) in [5.74, 6) is 0. The highest BCUT2D eigenvalue weighted by Crippen LogP contribution is 2.21. The van der Waals surface area contributed by atoms with Gasteiger partial charge in [0.1, 0.15) is 0 Å². The van der Waals surface area contributed by atoms with E-state index in [0.717, 1.165) is 0 Å². The topological polar surface area (TPSA) is 20.2 Å². The summed E-state index contributed by atoms with van der Waals surface area (Å²) in [4.78, 5) is 0. The highest BCUT2D eigenvalue weighted by atomic mass is 16.2. The molecule has 1 saturated carbocycles. The van der Waals surface area contributed by atoms with E-state index in [4.69, 9.17) is 5.11 Å². The molecule has 0 atom stereocenters. The molecule has 0 radical (unpaired) electrons. The van der Waals surface area contributed by atoms with Crippen LogP contribution in [0.2, 0.25) is 0 Å². The smallest absolute Gasteiger partial charge is 0.0615 e. The maximum atomic E-state index is 8.54. The van der Waals surface area contributed by atoms with Crippen LogP contribution < -0.4 is 0 Å². The molecule has 0 amide bonds. The molecule has 1 rings (SSSR count). The minimum absolute atomic E-state index is 0.157. The van der Waals surface area contributed by atoms with Crippen molar-refractivity contribution in [1.29, 1.82) is 0 Å². The molecule has 0 aromatic heterocycles. The number of rotatable bonds is 2. The van der Waals surface area contributed by atoms with Gasteiger partial charge < -0.3 is 5.11 Å². The van der Waals surface area contributed by atoms with Crippen LogP contribution in [0.15, 0.2) is 23.8 Å². The summed E-state index contributed by atoms with van der Waals surface area (Å²) in [5, 5.41) is 8.54. The van der Waals surface area contributed by atoms with Gasteiger partial charge in [0.15, 0.2) is 0 Å². The van der Waals surface area contributed by atoms with Crippen LogP contribution in [0.1, 0.15) is 38.5 Å². The molecule has 1 N–H and O–H groups in total. The first-order chi connectivity index (χ1) is 5.93. The van der Waals surface area contributed by atoms with Crippen LogP contribution in [-0.2, 0) is 0 Å². The summed E-state index contributed by atoms with van der Waals surface area (Å²) < 4.78 is 0. The first kappa shape index (κ1) is 9.53. The Kier molecular flexibility index (Phi) is 4.77. The molecule has 1 aliphatic carbocycles. The Morgan fingerprint density at radius 3 is 2.33 bits per heavy atom. The maximum absolute atomic E-state index is 8.54. The Bertz CT molecular complexity index is 158. The van der Waals surface area contributed by atoms with E-state index in [1.54, 1.807) is 11.6 Å². The highest BCUT2D eigenvalue weighted by Gasteiger charge is 2.02. The number of allylic oxidation sites excluding steroid dienone is 3. The molecular formula is C11H18O. The molecule has 1 aliphatic rings. The van der Waals surface area contributed by atoms with Crippen LogP contribution in [0.3, 0.4) is 0 Å². The number of hydrogen-bond acceptors (Lipinski definition) is 1. The normalized spacial score (nSPS) is 19.6. The van der Waals surface area contributed by atoms with Crippen molar-refractivity contribution in [3.05, 3.63) is 23.8 Å². The lowest BCUT2D eigenvalue weighted by Gasteiger charge is -1.98. The second-order valence-electron chi connectivity index (χ2n) is 3.35. The van der Waals surface area contributed by atoms with E-state index in [-0.39, 0.29) is 6.61 Å². The van der Waals surface area contributed by atoms with E-state index in [9.17, 15) is 0 Å². The Labute approximate surface area is 74.8 Å². The molecule has 68 valence electrons. The van der Waals surface area contributed by atoms with Gasteiger partial charge >= 0.3 is 0 Å². The molecule has 0 aromatic rings. The Balaban J connectivity index is 2.36. The maximum Gasteiger partial charge on any atom is 0.0615 e. The molecule has 1 nitrogen and oxygen atoms in total. The molecule has 0 aliphatic heterocycles. The van der Waals surface area contributed by atoms with E-state index >= 15 is 0 Å². The van der Waals surface area contributed by atoms with Crippen LogP contribution in [0.4, 0.5) is 0 Å². The molecule has 0 saturated heterocycles. The third-order valence-electron chi connectivity index (χ3n) is 2.32. The van der Waals surface area contributed by atoms with Gasteiger partial charge in [0, 0.05) is 0 Å². The molecule has 0 bridgehead atoms. The lowest BCUT2D eigenvalue weighted by Crippen LogP contribution is -1.79. The zero-order valence-electron chi connectivity index (χ0n) is 7.63. The van der Waals surface area contributed by atoms with Crippen molar-refractivity contribution < 1.29 is 5.11 Å². The fourth-order valence-electron chi connectivity index (χ4n) is 1.61. The van der Waals surface area contributed by atoms with Crippen molar-refractivity contribution in [3.63, 3.8) is 0 Å². The van der Waals surface area contributed by atoms with Crippen LogP contribution in [0.25, 0.3) is 0 Å². The standard InChI is InChI=1S/C11H18O/c12-10-6-5-9-11-7-3-1-2-4-8-11/h5-6,9,12H,1-4,7-8,10H2/b6-5+. The minimum Gasteiger partial charge on any atom is -0.392 e. The third kappa shape index (κ3) is 3.72. The Morgan fingerprint density at radius 2 is 1.75 bits per heavy atom. The van der Waals surface area contributed by atoms with Crippen LogP contribution in [0, 0.1) is 0 Å². The summed E-state index contributed by atoms with van der Waals surface area (Å²) in [5.41, 5.74) is 1.55. The van der Waals surface area contributed by atoms with Gasteiger partial charge in [-0.3, -0.25) is 0 Å². The number of aliphatic hydroxyl groups excluding tert-OH is 1. The van der Waals surface area contributed by atoms with Crippen LogP contribution in [0.5, 0.6) is 0 Å². The molecule has 12 heavy (non-hydrogen) atoms. The fraction of sp³-hybridized carbons (Fsp3) is 0.636. The largest absolute Gasteiger partial charge is 0.392 e. The summed E-state index contributed by atoms with van der Waals surface area (Å²) in [7, 11) is 0. The summed E-state index contributed by atoms with van der Waals surface area (Å²) in [6, 6.07) is 0. The van der Waals surface area contributed by atoms with Crippen molar-refractivity contribution >= 4 is 0 Å². The SMILES string of the molecule is OC/C=C/C=C1CCCCCC1. The van der Waals surface area contributed by atoms with Gasteiger partial charge in [0.05, 0.1) is 6.61 Å². The quantitative estimate of drug-likeness (QED) is 0.625. The van der Waals surface area contributed by atoms with Crippen molar-refractivity contribution in [2.45, 2.75) is 38.5 Å². The van der Waals surface area contributed by atoms with Gasteiger partial charge in [-0.25, -0.2) is 0 Å². The lowest BCUT2D eigenvalue weighted by atomic mass is 10.1. The molecule has 1 fully saturated rings. The summed E-state index contributed by atoms with van der Waals surface area (Å²) in [6.45, 7) is 0.157. The second kappa shape index (κ2) is 6.01. The first-order valence-corrected chi connectivity index (χ1v) is 4.89. The van der Waals surface area contributed by atoms with E-state index in [1.807, 2.05) is 6.08 Å².